The van der Waals surface area contributed by atoms with Crippen molar-refractivity contribution in [1.29, 1.82) is 0 Å². The van der Waals surface area contributed by atoms with Gasteiger partial charge in [0.15, 0.2) is 0 Å². The molecule has 1 heterocycles. The molecule has 0 radical (unpaired) electrons. The molecule has 1 amide bonds. The maximum Gasteiger partial charge on any atom is 0.274 e. The average molecular weight is 332 g/mol. The number of carbonyl (C=O) groups excluding carboxylic acids is 1. The molecule has 0 unspecified atom stereocenters. The van der Waals surface area contributed by atoms with Gasteiger partial charge in [0.05, 0.1) is 29.4 Å². The number of aryl methyl sites for hydroxylation is 2. The highest BCUT2D eigenvalue weighted by Gasteiger charge is 2.14. The first-order valence-corrected chi connectivity index (χ1v) is 8.07. The van der Waals surface area contributed by atoms with Gasteiger partial charge in [-0.05, 0) is 44.0 Å². The molecule has 2 aromatic carbocycles. The highest BCUT2D eigenvalue weighted by molar-refractivity contribution is 5.96. The van der Waals surface area contributed by atoms with E-state index in [1.165, 1.54) is 0 Å². The van der Waals surface area contributed by atoms with E-state index >= 15 is 0 Å². The predicted octanol–water partition coefficient (Wildman–Crippen LogP) is 3.56. The fourth-order valence-electron chi connectivity index (χ4n) is 2.71. The van der Waals surface area contributed by atoms with Crippen LogP contribution in [0, 0.1) is 20.8 Å². The topological polar surface area (TPSA) is 59.3 Å². The van der Waals surface area contributed by atoms with Gasteiger partial charge < -0.3 is 0 Å². The molecule has 1 aromatic heterocycles. The molecule has 0 atom stereocenters. The van der Waals surface area contributed by atoms with Crippen LogP contribution in [0.5, 0.6) is 0 Å². The number of aromatic nitrogens is 2. The molecule has 5 nitrogen and oxygen atoms in total. The summed E-state index contributed by atoms with van der Waals surface area (Å²) in [5.41, 5.74) is 8.02. The second-order valence-corrected chi connectivity index (χ2v) is 5.90. The first-order chi connectivity index (χ1) is 12.1. The zero-order chi connectivity index (χ0) is 17.8. The van der Waals surface area contributed by atoms with Crippen molar-refractivity contribution in [3.8, 4) is 5.69 Å². The standard InChI is InChI=1S/C20H20N4O/c1-14-8-7-9-15(2)18(14)12-21-23-20(25)19-13-22-24(16(19)3)17-10-5-4-6-11-17/h4-13H,1-3H3,(H,23,25). The highest BCUT2D eigenvalue weighted by atomic mass is 16.2. The van der Waals surface area contributed by atoms with Gasteiger partial charge in [0.2, 0.25) is 0 Å². The van der Waals surface area contributed by atoms with Crippen LogP contribution in [0.1, 0.15) is 32.7 Å². The Morgan fingerprint density at radius 2 is 1.72 bits per heavy atom. The third kappa shape index (κ3) is 3.50. The van der Waals surface area contributed by atoms with Gasteiger partial charge in [0, 0.05) is 5.56 Å². The first kappa shape index (κ1) is 16.6. The predicted molar refractivity (Wildman–Crippen MR) is 99.3 cm³/mol. The molecule has 0 aliphatic rings. The fourth-order valence-corrected chi connectivity index (χ4v) is 2.71. The number of carbonyl (C=O) groups is 1. The van der Waals surface area contributed by atoms with Crippen LogP contribution in [-0.2, 0) is 0 Å². The minimum atomic E-state index is -0.276. The normalized spacial score (nSPS) is 11.0. The van der Waals surface area contributed by atoms with Crippen molar-refractivity contribution in [1.82, 2.24) is 15.2 Å². The third-order valence-corrected chi connectivity index (χ3v) is 4.16. The molecule has 0 saturated heterocycles. The van der Waals surface area contributed by atoms with Crippen LogP contribution in [-0.4, -0.2) is 21.9 Å². The van der Waals surface area contributed by atoms with Crippen molar-refractivity contribution in [3.05, 3.63) is 82.7 Å². The summed E-state index contributed by atoms with van der Waals surface area (Å²) in [6, 6.07) is 15.7. The number of benzene rings is 2. The van der Waals surface area contributed by atoms with Gasteiger partial charge in [0.25, 0.3) is 5.91 Å². The summed E-state index contributed by atoms with van der Waals surface area (Å²) in [6.07, 6.45) is 3.24. The largest absolute Gasteiger partial charge is 0.274 e. The number of para-hydroxylation sites is 1. The quantitative estimate of drug-likeness (QED) is 0.586. The summed E-state index contributed by atoms with van der Waals surface area (Å²) in [6.45, 7) is 5.90. The number of amides is 1. The summed E-state index contributed by atoms with van der Waals surface area (Å²) >= 11 is 0. The van der Waals surface area contributed by atoms with Crippen LogP contribution in [0.2, 0.25) is 0 Å². The van der Waals surface area contributed by atoms with E-state index in [1.54, 1.807) is 17.1 Å². The molecule has 0 fully saturated rings. The number of hydrogen-bond acceptors (Lipinski definition) is 3. The lowest BCUT2D eigenvalue weighted by molar-refractivity contribution is 0.0954. The summed E-state index contributed by atoms with van der Waals surface area (Å²) < 4.78 is 1.74. The van der Waals surface area contributed by atoms with Crippen molar-refractivity contribution in [3.63, 3.8) is 0 Å². The smallest absolute Gasteiger partial charge is 0.267 e. The van der Waals surface area contributed by atoms with Gasteiger partial charge >= 0.3 is 0 Å². The van der Waals surface area contributed by atoms with Crippen LogP contribution in [0.25, 0.3) is 5.69 Å². The SMILES string of the molecule is Cc1cccc(C)c1C=NNC(=O)c1cnn(-c2ccccc2)c1C. The van der Waals surface area contributed by atoms with Crippen LogP contribution < -0.4 is 5.43 Å². The lowest BCUT2D eigenvalue weighted by atomic mass is 10.0. The van der Waals surface area contributed by atoms with Crippen LogP contribution in [0.3, 0.4) is 0 Å². The third-order valence-electron chi connectivity index (χ3n) is 4.16. The minimum absolute atomic E-state index is 0.276. The number of hydrazone groups is 1. The monoisotopic (exact) mass is 332 g/mol. The van der Waals surface area contributed by atoms with E-state index in [2.05, 4.69) is 15.6 Å². The van der Waals surface area contributed by atoms with E-state index in [-0.39, 0.29) is 5.91 Å². The zero-order valence-electron chi connectivity index (χ0n) is 14.5. The van der Waals surface area contributed by atoms with Crippen molar-refractivity contribution in [2.24, 2.45) is 5.10 Å². The molecule has 3 rings (SSSR count). The molecule has 25 heavy (non-hydrogen) atoms. The first-order valence-electron chi connectivity index (χ1n) is 8.07. The maximum absolute atomic E-state index is 12.4. The lowest BCUT2D eigenvalue weighted by Gasteiger charge is -2.05. The lowest BCUT2D eigenvalue weighted by Crippen LogP contribution is -2.18. The van der Waals surface area contributed by atoms with Crippen LogP contribution in [0.4, 0.5) is 0 Å². The average Bonchev–Trinajstić information content (AvgIpc) is 3.00. The van der Waals surface area contributed by atoms with E-state index in [0.29, 0.717) is 5.56 Å². The van der Waals surface area contributed by atoms with E-state index in [1.807, 2.05) is 69.3 Å². The van der Waals surface area contributed by atoms with Crippen molar-refractivity contribution >= 4 is 12.1 Å². The van der Waals surface area contributed by atoms with Crippen molar-refractivity contribution in [2.45, 2.75) is 20.8 Å². The maximum atomic E-state index is 12.4. The van der Waals surface area contributed by atoms with Gasteiger partial charge in [-0.15, -0.1) is 0 Å². The van der Waals surface area contributed by atoms with Gasteiger partial charge in [-0.2, -0.15) is 10.2 Å². The number of nitrogens with one attached hydrogen (secondary N) is 1. The second kappa shape index (κ2) is 7.13. The van der Waals surface area contributed by atoms with E-state index in [4.69, 9.17) is 0 Å². The Kier molecular flexibility index (Phi) is 4.75. The fraction of sp³-hybridized carbons (Fsp3) is 0.150. The Balaban J connectivity index is 1.77. The molecular formula is C20H20N4O. The minimum Gasteiger partial charge on any atom is -0.267 e. The summed E-state index contributed by atoms with van der Waals surface area (Å²) in [5.74, 6) is -0.276. The van der Waals surface area contributed by atoms with Gasteiger partial charge in [-0.25, -0.2) is 10.1 Å². The number of nitrogens with zero attached hydrogens (tertiary/aromatic N) is 3. The molecule has 0 bridgehead atoms. The molecule has 126 valence electrons. The molecule has 5 heteroatoms. The van der Waals surface area contributed by atoms with E-state index in [0.717, 1.165) is 28.1 Å². The Labute approximate surface area is 147 Å². The summed E-state index contributed by atoms with van der Waals surface area (Å²) in [4.78, 5) is 12.4. The molecular weight excluding hydrogens is 312 g/mol. The second-order valence-electron chi connectivity index (χ2n) is 5.90. The van der Waals surface area contributed by atoms with E-state index < -0.39 is 0 Å². The molecule has 3 aromatic rings. The van der Waals surface area contributed by atoms with Crippen LogP contribution in [0.15, 0.2) is 59.8 Å². The molecule has 0 aliphatic carbocycles. The number of hydrogen-bond donors (Lipinski definition) is 1. The Morgan fingerprint density at radius 3 is 2.40 bits per heavy atom. The van der Waals surface area contributed by atoms with Gasteiger partial charge in [-0.3, -0.25) is 4.79 Å². The molecule has 0 saturated carbocycles. The Morgan fingerprint density at radius 1 is 1.04 bits per heavy atom. The Bertz CT molecular complexity index is 906. The van der Waals surface area contributed by atoms with Crippen molar-refractivity contribution < 1.29 is 4.79 Å². The van der Waals surface area contributed by atoms with Gasteiger partial charge in [-0.1, -0.05) is 36.4 Å². The summed E-state index contributed by atoms with van der Waals surface area (Å²) in [7, 11) is 0. The molecule has 0 aliphatic heterocycles. The molecule has 0 spiro atoms. The van der Waals surface area contributed by atoms with E-state index in [9.17, 15) is 4.79 Å². The molecule has 1 N–H and O–H groups in total. The Hall–Kier alpha value is -3.21. The summed E-state index contributed by atoms with van der Waals surface area (Å²) in [5, 5.41) is 8.41. The van der Waals surface area contributed by atoms with Gasteiger partial charge in [0.1, 0.15) is 0 Å². The number of rotatable bonds is 4. The van der Waals surface area contributed by atoms with Crippen LogP contribution >= 0.6 is 0 Å². The zero-order valence-corrected chi connectivity index (χ0v) is 14.5. The van der Waals surface area contributed by atoms with Crippen molar-refractivity contribution in [2.75, 3.05) is 0 Å². The highest BCUT2D eigenvalue weighted by Crippen LogP contribution is 2.14.